The lowest BCUT2D eigenvalue weighted by molar-refractivity contribution is 0.120. The Labute approximate surface area is 142 Å². The molecule has 0 spiro atoms. The van der Waals surface area contributed by atoms with E-state index in [1.54, 1.807) is 23.1 Å². The van der Waals surface area contributed by atoms with Gasteiger partial charge in [0.1, 0.15) is 5.65 Å². The molecule has 0 unspecified atom stereocenters. The lowest BCUT2D eigenvalue weighted by atomic mass is 10.2. The molecular weight excluding hydrogens is 330 g/mol. The number of imidazole rings is 1. The summed E-state index contributed by atoms with van der Waals surface area (Å²) in [6.07, 6.45) is 6.66. The standard InChI is InChI=1S/C15H17N5OS2/c1-2-6-20-9-11(17-13(20)5-1)10-22-15-19-18-14(23-15)16-8-12-4-3-7-21-12/h1-2,5-6,9,12H,3-4,7-8,10H2,(H,16,18)/t12-/m1/s1. The Morgan fingerprint density at radius 3 is 3.26 bits per heavy atom. The molecule has 3 aromatic heterocycles. The van der Waals surface area contributed by atoms with E-state index in [-0.39, 0.29) is 0 Å². The van der Waals surface area contributed by atoms with Crippen molar-refractivity contribution in [3.63, 3.8) is 0 Å². The first-order chi connectivity index (χ1) is 11.4. The number of rotatable bonds is 6. The maximum Gasteiger partial charge on any atom is 0.206 e. The molecular formula is C15H17N5OS2. The van der Waals surface area contributed by atoms with Crippen LogP contribution in [0.25, 0.3) is 5.65 Å². The molecule has 120 valence electrons. The fourth-order valence-corrected chi connectivity index (χ4v) is 4.18. The summed E-state index contributed by atoms with van der Waals surface area (Å²) in [5, 5.41) is 12.6. The van der Waals surface area contributed by atoms with Crippen LogP contribution >= 0.6 is 23.1 Å². The summed E-state index contributed by atoms with van der Waals surface area (Å²) in [5.74, 6) is 0.794. The van der Waals surface area contributed by atoms with Crippen molar-refractivity contribution < 1.29 is 4.74 Å². The predicted molar refractivity (Wildman–Crippen MR) is 92.1 cm³/mol. The third kappa shape index (κ3) is 3.65. The fourth-order valence-electron chi connectivity index (χ4n) is 2.54. The molecule has 8 heteroatoms. The van der Waals surface area contributed by atoms with E-state index in [0.717, 1.165) is 52.6 Å². The van der Waals surface area contributed by atoms with Gasteiger partial charge in [0.05, 0.1) is 11.8 Å². The summed E-state index contributed by atoms with van der Waals surface area (Å²) in [6, 6.07) is 6.00. The van der Waals surface area contributed by atoms with Gasteiger partial charge in [0.25, 0.3) is 0 Å². The van der Waals surface area contributed by atoms with Crippen LogP contribution in [0.4, 0.5) is 5.13 Å². The van der Waals surface area contributed by atoms with Gasteiger partial charge in [-0.25, -0.2) is 4.98 Å². The van der Waals surface area contributed by atoms with E-state index in [0.29, 0.717) is 6.10 Å². The van der Waals surface area contributed by atoms with Gasteiger partial charge in [-0.05, 0) is 25.0 Å². The molecule has 0 aromatic carbocycles. The molecule has 4 heterocycles. The maximum absolute atomic E-state index is 5.59. The largest absolute Gasteiger partial charge is 0.376 e. The first-order valence-electron chi connectivity index (χ1n) is 7.61. The maximum atomic E-state index is 5.59. The lowest BCUT2D eigenvalue weighted by Crippen LogP contribution is -2.18. The number of ether oxygens (including phenoxy) is 1. The topological polar surface area (TPSA) is 64.3 Å². The smallest absolute Gasteiger partial charge is 0.206 e. The Kier molecular flexibility index (Phi) is 4.45. The van der Waals surface area contributed by atoms with E-state index in [9.17, 15) is 0 Å². The first-order valence-corrected chi connectivity index (χ1v) is 9.41. The molecule has 6 nitrogen and oxygen atoms in total. The van der Waals surface area contributed by atoms with Crippen LogP contribution in [0.2, 0.25) is 0 Å². The van der Waals surface area contributed by atoms with E-state index in [4.69, 9.17) is 4.74 Å². The minimum absolute atomic E-state index is 0.313. The predicted octanol–water partition coefficient (Wildman–Crippen LogP) is 3.07. The van der Waals surface area contributed by atoms with Crippen molar-refractivity contribution in [1.82, 2.24) is 19.6 Å². The van der Waals surface area contributed by atoms with Crippen LogP contribution in [0.5, 0.6) is 0 Å². The van der Waals surface area contributed by atoms with Crippen LogP contribution < -0.4 is 5.32 Å². The van der Waals surface area contributed by atoms with Gasteiger partial charge < -0.3 is 14.5 Å². The summed E-state index contributed by atoms with van der Waals surface area (Å²) >= 11 is 3.25. The van der Waals surface area contributed by atoms with Crippen molar-refractivity contribution in [3.8, 4) is 0 Å². The summed E-state index contributed by atoms with van der Waals surface area (Å²) in [6.45, 7) is 1.69. The zero-order valence-electron chi connectivity index (χ0n) is 12.5. The zero-order chi connectivity index (χ0) is 15.5. The number of pyridine rings is 1. The Balaban J connectivity index is 1.32. The summed E-state index contributed by atoms with van der Waals surface area (Å²) < 4.78 is 8.58. The molecule has 0 amide bonds. The quantitative estimate of drug-likeness (QED) is 0.692. The Hall–Kier alpha value is -1.64. The number of nitrogens with zero attached hydrogens (tertiary/aromatic N) is 4. The molecule has 1 aliphatic rings. The highest BCUT2D eigenvalue weighted by molar-refractivity contribution is 8.00. The second kappa shape index (κ2) is 6.86. The van der Waals surface area contributed by atoms with Crippen LogP contribution in [0.3, 0.4) is 0 Å². The van der Waals surface area contributed by atoms with E-state index in [2.05, 4.69) is 26.7 Å². The molecule has 0 saturated carbocycles. The highest BCUT2D eigenvalue weighted by Crippen LogP contribution is 2.28. The highest BCUT2D eigenvalue weighted by atomic mass is 32.2. The van der Waals surface area contributed by atoms with Crippen LogP contribution in [-0.2, 0) is 10.5 Å². The van der Waals surface area contributed by atoms with Crippen molar-refractivity contribution >= 4 is 33.9 Å². The third-order valence-electron chi connectivity index (χ3n) is 3.67. The average Bonchev–Trinajstić information content (AvgIpc) is 3.30. The van der Waals surface area contributed by atoms with Crippen molar-refractivity contribution in [1.29, 1.82) is 0 Å². The van der Waals surface area contributed by atoms with Crippen LogP contribution in [0.1, 0.15) is 18.5 Å². The van der Waals surface area contributed by atoms with Gasteiger partial charge in [-0.1, -0.05) is 29.2 Å². The molecule has 3 aromatic rings. The van der Waals surface area contributed by atoms with Gasteiger partial charge in [-0.3, -0.25) is 0 Å². The highest BCUT2D eigenvalue weighted by Gasteiger charge is 2.16. The summed E-state index contributed by atoms with van der Waals surface area (Å²) in [5.41, 5.74) is 2.02. The Morgan fingerprint density at radius 1 is 1.39 bits per heavy atom. The normalized spacial score (nSPS) is 17.8. The summed E-state index contributed by atoms with van der Waals surface area (Å²) in [7, 11) is 0. The minimum Gasteiger partial charge on any atom is -0.376 e. The van der Waals surface area contributed by atoms with Gasteiger partial charge in [0, 0.05) is 31.3 Å². The van der Waals surface area contributed by atoms with Gasteiger partial charge >= 0.3 is 0 Å². The molecule has 4 rings (SSSR count). The van der Waals surface area contributed by atoms with Gasteiger partial charge in [0.2, 0.25) is 5.13 Å². The number of aromatic nitrogens is 4. The number of nitrogens with one attached hydrogen (secondary N) is 1. The average molecular weight is 347 g/mol. The van der Waals surface area contributed by atoms with E-state index >= 15 is 0 Å². The van der Waals surface area contributed by atoms with Gasteiger partial charge in [-0.15, -0.1) is 10.2 Å². The molecule has 1 aliphatic heterocycles. The van der Waals surface area contributed by atoms with Crippen LogP contribution in [-0.4, -0.2) is 38.8 Å². The van der Waals surface area contributed by atoms with E-state index in [1.807, 2.05) is 28.8 Å². The Morgan fingerprint density at radius 2 is 2.39 bits per heavy atom. The van der Waals surface area contributed by atoms with Crippen LogP contribution in [0.15, 0.2) is 34.9 Å². The monoisotopic (exact) mass is 347 g/mol. The molecule has 1 N–H and O–H groups in total. The molecule has 0 radical (unpaired) electrons. The second-order valence-electron chi connectivity index (χ2n) is 5.38. The SMILES string of the molecule is c1ccn2cc(CSc3nnc(NC[C@H]4CCCO4)s3)nc2c1. The van der Waals surface area contributed by atoms with E-state index < -0.39 is 0 Å². The zero-order valence-corrected chi connectivity index (χ0v) is 14.1. The number of hydrogen-bond donors (Lipinski definition) is 1. The molecule has 1 saturated heterocycles. The van der Waals surface area contributed by atoms with E-state index in [1.165, 1.54) is 0 Å². The fraction of sp³-hybridized carbons (Fsp3) is 0.400. The Bertz CT molecular complexity index is 748. The lowest BCUT2D eigenvalue weighted by Gasteiger charge is -2.08. The second-order valence-corrected chi connectivity index (χ2v) is 7.58. The summed E-state index contributed by atoms with van der Waals surface area (Å²) in [4.78, 5) is 4.59. The van der Waals surface area contributed by atoms with Crippen molar-refractivity contribution in [2.45, 2.75) is 29.0 Å². The molecule has 1 fully saturated rings. The molecule has 1 atom stereocenters. The van der Waals surface area contributed by atoms with Crippen molar-refractivity contribution in [3.05, 3.63) is 36.3 Å². The van der Waals surface area contributed by atoms with Crippen LogP contribution in [0, 0.1) is 0 Å². The van der Waals surface area contributed by atoms with Gasteiger partial charge in [0.15, 0.2) is 4.34 Å². The first kappa shape index (κ1) is 14.9. The van der Waals surface area contributed by atoms with Crippen molar-refractivity contribution in [2.75, 3.05) is 18.5 Å². The number of hydrogen-bond acceptors (Lipinski definition) is 7. The van der Waals surface area contributed by atoms with Crippen molar-refractivity contribution in [2.24, 2.45) is 0 Å². The molecule has 23 heavy (non-hydrogen) atoms. The third-order valence-corrected chi connectivity index (χ3v) is 5.72. The van der Waals surface area contributed by atoms with Gasteiger partial charge in [-0.2, -0.15) is 0 Å². The number of anilines is 1. The molecule has 0 bridgehead atoms. The minimum atomic E-state index is 0.313. The molecule has 0 aliphatic carbocycles. The number of thioether (sulfide) groups is 1. The number of fused-ring (bicyclic) bond motifs is 1.